The molecule has 1 aliphatic carbocycles. The molecule has 0 saturated heterocycles. The first-order chi connectivity index (χ1) is 10.6. The fourth-order valence-corrected chi connectivity index (χ4v) is 2.63. The molecule has 0 bridgehead atoms. The van der Waals surface area contributed by atoms with Gasteiger partial charge in [0.25, 0.3) is 0 Å². The van der Waals surface area contributed by atoms with Gasteiger partial charge in [-0.3, -0.25) is 4.79 Å². The maximum atomic E-state index is 12.1. The zero-order valence-corrected chi connectivity index (χ0v) is 13.5. The summed E-state index contributed by atoms with van der Waals surface area (Å²) < 4.78 is 5.91. The number of aromatic nitrogens is 1. The van der Waals surface area contributed by atoms with Crippen LogP contribution in [0.3, 0.4) is 0 Å². The Kier molecular flexibility index (Phi) is 6.19. The number of ether oxygens (including phenoxy) is 1. The van der Waals surface area contributed by atoms with Gasteiger partial charge in [-0.15, -0.1) is 0 Å². The van der Waals surface area contributed by atoms with Crippen LogP contribution < -0.4 is 15.8 Å². The van der Waals surface area contributed by atoms with Crippen LogP contribution in [0.5, 0.6) is 5.75 Å². The van der Waals surface area contributed by atoms with Crippen LogP contribution in [0.4, 0.5) is 5.82 Å². The average Bonchev–Trinajstić information content (AvgIpc) is 2.54. The molecular weight excluding hydrogens is 278 g/mol. The summed E-state index contributed by atoms with van der Waals surface area (Å²) in [5, 5.41) is 2.82. The topological polar surface area (TPSA) is 77.2 Å². The number of nitrogens with zero attached hydrogens (tertiary/aromatic N) is 1. The lowest BCUT2D eigenvalue weighted by Gasteiger charge is -2.22. The van der Waals surface area contributed by atoms with E-state index >= 15 is 0 Å². The molecule has 1 amide bonds. The number of nitrogens with two attached hydrogens (primary N) is 1. The quantitative estimate of drug-likeness (QED) is 0.847. The van der Waals surface area contributed by atoms with Gasteiger partial charge in [-0.05, 0) is 37.8 Å². The lowest BCUT2D eigenvalue weighted by atomic mass is 9.90. The molecule has 5 heteroatoms. The van der Waals surface area contributed by atoms with Crippen molar-refractivity contribution in [2.75, 3.05) is 11.9 Å². The number of amides is 1. The molecule has 0 aromatic carbocycles. The Balaban J connectivity index is 1.95. The number of hydrogen-bond donors (Lipinski definition) is 2. The van der Waals surface area contributed by atoms with E-state index in [9.17, 15) is 4.79 Å². The average molecular weight is 305 g/mol. The molecule has 1 saturated carbocycles. The molecule has 1 aromatic heterocycles. The van der Waals surface area contributed by atoms with Gasteiger partial charge in [0, 0.05) is 12.2 Å². The van der Waals surface area contributed by atoms with Gasteiger partial charge in [0.2, 0.25) is 5.91 Å². The Bertz CT molecular complexity index is 485. The summed E-state index contributed by atoms with van der Waals surface area (Å²) >= 11 is 0. The first kappa shape index (κ1) is 16.7. The molecule has 22 heavy (non-hydrogen) atoms. The summed E-state index contributed by atoms with van der Waals surface area (Å²) in [5.41, 5.74) is 5.77. The van der Waals surface area contributed by atoms with E-state index in [4.69, 9.17) is 10.5 Å². The van der Waals surface area contributed by atoms with Crippen LogP contribution in [0.2, 0.25) is 0 Å². The smallest absolute Gasteiger partial charge is 0.230 e. The second-order valence-electron chi connectivity index (χ2n) is 6.30. The Labute approximate surface area is 132 Å². The number of pyridine rings is 1. The summed E-state index contributed by atoms with van der Waals surface area (Å²) in [6, 6.07) is 3.47. The molecule has 3 N–H and O–H groups in total. The van der Waals surface area contributed by atoms with Crippen molar-refractivity contribution >= 4 is 11.7 Å². The van der Waals surface area contributed by atoms with Gasteiger partial charge < -0.3 is 15.8 Å². The highest BCUT2D eigenvalue weighted by atomic mass is 16.5. The maximum absolute atomic E-state index is 12.1. The van der Waals surface area contributed by atoms with E-state index in [0.717, 1.165) is 0 Å². The molecule has 1 aromatic rings. The number of carbonyl (C=O) groups is 1. The number of nitrogens with one attached hydrogen (secondary N) is 1. The van der Waals surface area contributed by atoms with Crippen LogP contribution in [-0.4, -0.2) is 23.5 Å². The first-order valence-electron chi connectivity index (χ1n) is 8.22. The fourth-order valence-electron chi connectivity index (χ4n) is 2.63. The van der Waals surface area contributed by atoms with Crippen LogP contribution in [0.1, 0.15) is 46.0 Å². The largest absolute Gasteiger partial charge is 0.489 e. The normalized spacial score (nSPS) is 18.5. The lowest BCUT2D eigenvalue weighted by molar-refractivity contribution is -0.119. The Hall–Kier alpha value is -1.62. The molecule has 1 aliphatic rings. The molecule has 0 aliphatic heterocycles. The van der Waals surface area contributed by atoms with Crippen molar-refractivity contribution in [3.05, 3.63) is 18.3 Å². The third kappa shape index (κ3) is 4.70. The molecule has 5 nitrogen and oxygen atoms in total. The Morgan fingerprint density at radius 2 is 2.14 bits per heavy atom. The molecule has 1 heterocycles. The molecule has 0 spiro atoms. The van der Waals surface area contributed by atoms with E-state index in [2.05, 4.69) is 10.3 Å². The molecule has 2 atom stereocenters. The van der Waals surface area contributed by atoms with E-state index in [1.807, 2.05) is 26.0 Å². The van der Waals surface area contributed by atoms with Crippen molar-refractivity contribution in [3.63, 3.8) is 0 Å². The number of carbonyl (C=O) groups excluding carboxylic acids is 1. The van der Waals surface area contributed by atoms with E-state index in [1.165, 1.54) is 32.1 Å². The van der Waals surface area contributed by atoms with Gasteiger partial charge >= 0.3 is 0 Å². The minimum absolute atomic E-state index is 0.129. The van der Waals surface area contributed by atoms with Gasteiger partial charge in [0.05, 0.1) is 12.5 Å². The Morgan fingerprint density at radius 3 is 2.82 bits per heavy atom. The van der Waals surface area contributed by atoms with E-state index in [0.29, 0.717) is 24.1 Å². The molecule has 2 rings (SSSR count). The monoisotopic (exact) mass is 305 g/mol. The van der Waals surface area contributed by atoms with Gasteiger partial charge in [-0.2, -0.15) is 0 Å². The second-order valence-corrected chi connectivity index (χ2v) is 6.30. The standard InChI is InChI=1S/C17H27N3O2/c1-12(13(2)18)17(21)20-16-15(9-6-10-19-16)22-11-14-7-4-3-5-8-14/h6,9-10,12-14H,3-5,7-8,11,18H2,1-2H3,(H,19,20,21). The van der Waals surface area contributed by atoms with Crippen molar-refractivity contribution in [3.8, 4) is 5.75 Å². The second kappa shape index (κ2) is 8.13. The number of rotatable bonds is 6. The molecular formula is C17H27N3O2. The maximum Gasteiger partial charge on any atom is 0.230 e. The van der Waals surface area contributed by atoms with E-state index in [1.54, 1.807) is 6.20 Å². The zero-order chi connectivity index (χ0) is 15.9. The van der Waals surface area contributed by atoms with E-state index in [-0.39, 0.29) is 17.9 Å². The molecule has 1 fully saturated rings. The molecule has 122 valence electrons. The third-order valence-corrected chi connectivity index (χ3v) is 4.41. The van der Waals surface area contributed by atoms with Gasteiger partial charge in [0.15, 0.2) is 11.6 Å². The SMILES string of the molecule is CC(N)C(C)C(=O)Nc1ncccc1OCC1CCCCC1. The van der Waals surface area contributed by atoms with E-state index < -0.39 is 0 Å². The van der Waals surface area contributed by atoms with Crippen molar-refractivity contribution in [2.24, 2.45) is 17.6 Å². The van der Waals surface area contributed by atoms with Gasteiger partial charge in [0.1, 0.15) is 0 Å². The Morgan fingerprint density at radius 1 is 1.41 bits per heavy atom. The van der Waals surface area contributed by atoms with Crippen LogP contribution >= 0.6 is 0 Å². The number of hydrogen-bond acceptors (Lipinski definition) is 4. The summed E-state index contributed by atoms with van der Waals surface area (Å²) in [5.74, 6) is 1.33. The highest BCUT2D eigenvalue weighted by Crippen LogP contribution is 2.27. The van der Waals surface area contributed by atoms with Crippen molar-refractivity contribution in [1.82, 2.24) is 4.98 Å². The molecule has 0 radical (unpaired) electrons. The highest BCUT2D eigenvalue weighted by molar-refractivity contribution is 5.93. The zero-order valence-electron chi connectivity index (χ0n) is 13.5. The fraction of sp³-hybridized carbons (Fsp3) is 0.647. The summed E-state index contributed by atoms with van der Waals surface area (Å²) in [4.78, 5) is 16.4. The minimum Gasteiger partial charge on any atom is -0.489 e. The lowest BCUT2D eigenvalue weighted by Crippen LogP contribution is -2.34. The van der Waals surface area contributed by atoms with Crippen LogP contribution in [-0.2, 0) is 4.79 Å². The highest BCUT2D eigenvalue weighted by Gasteiger charge is 2.20. The van der Waals surface area contributed by atoms with Crippen molar-refractivity contribution in [1.29, 1.82) is 0 Å². The van der Waals surface area contributed by atoms with Gasteiger partial charge in [-0.1, -0.05) is 26.2 Å². The van der Waals surface area contributed by atoms with Crippen molar-refractivity contribution < 1.29 is 9.53 Å². The van der Waals surface area contributed by atoms with Crippen LogP contribution in [0, 0.1) is 11.8 Å². The summed E-state index contributed by atoms with van der Waals surface area (Å²) in [6.07, 6.45) is 8.01. The predicted molar refractivity (Wildman–Crippen MR) is 87.8 cm³/mol. The summed E-state index contributed by atoms with van der Waals surface area (Å²) in [6.45, 7) is 4.33. The van der Waals surface area contributed by atoms with Crippen LogP contribution in [0.25, 0.3) is 0 Å². The van der Waals surface area contributed by atoms with Crippen molar-refractivity contribution in [2.45, 2.75) is 52.0 Å². The predicted octanol–water partition coefficient (Wildman–Crippen LogP) is 2.96. The van der Waals surface area contributed by atoms with Gasteiger partial charge in [-0.25, -0.2) is 4.98 Å². The number of anilines is 1. The first-order valence-corrected chi connectivity index (χ1v) is 8.22. The molecule has 2 unspecified atom stereocenters. The summed E-state index contributed by atoms with van der Waals surface area (Å²) in [7, 11) is 0. The minimum atomic E-state index is -0.270. The third-order valence-electron chi connectivity index (χ3n) is 4.41. The van der Waals surface area contributed by atoms with Crippen LogP contribution in [0.15, 0.2) is 18.3 Å².